The first kappa shape index (κ1) is 10.8. The molecule has 1 heterocycles. The summed E-state index contributed by atoms with van der Waals surface area (Å²) in [5.41, 5.74) is 3.67. The highest BCUT2D eigenvalue weighted by Gasteiger charge is 2.23. The van der Waals surface area contributed by atoms with Gasteiger partial charge in [-0.25, -0.2) is 4.39 Å². The molecule has 3 heteroatoms. The van der Waals surface area contributed by atoms with Crippen LogP contribution >= 0.6 is 0 Å². The van der Waals surface area contributed by atoms with Crippen LogP contribution in [0.5, 0.6) is 0 Å². The van der Waals surface area contributed by atoms with Crippen LogP contribution in [0.15, 0.2) is 18.2 Å². The number of likely N-dealkylation sites (N-methyl/N-ethyl adjacent to an activating group) is 1. The van der Waals surface area contributed by atoms with Gasteiger partial charge in [0, 0.05) is 22.6 Å². The normalized spacial score (nSPS) is 19.9. The van der Waals surface area contributed by atoms with Crippen molar-refractivity contribution in [2.24, 2.45) is 0 Å². The van der Waals surface area contributed by atoms with Gasteiger partial charge in [0.2, 0.25) is 0 Å². The number of hydrogen-bond acceptors (Lipinski definition) is 1. The summed E-state index contributed by atoms with van der Waals surface area (Å²) in [4.78, 5) is 5.68. The molecule has 0 fully saturated rings. The fourth-order valence-corrected chi connectivity index (χ4v) is 2.81. The molecule has 2 nitrogen and oxygen atoms in total. The van der Waals surface area contributed by atoms with Crippen molar-refractivity contribution >= 4 is 10.9 Å². The van der Waals surface area contributed by atoms with Crippen LogP contribution in [0.2, 0.25) is 0 Å². The quantitative estimate of drug-likeness (QED) is 0.801. The molecule has 0 radical (unpaired) electrons. The Labute approximate surface area is 100 Å². The summed E-state index contributed by atoms with van der Waals surface area (Å²) in [5, 5.41) is 1.06. The molecule has 1 aliphatic rings. The van der Waals surface area contributed by atoms with Crippen LogP contribution in [0.4, 0.5) is 4.39 Å². The molecule has 1 atom stereocenters. The zero-order chi connectivity index (χ0) is 12.0. The molecule has 1 unspecified atom stereocenters. The van der Waals surface area contributed by atoms with Gasteiger partial charge < -0.3 is 9.88 Å². The van der Waals surface area contributed by atoms with Crippen LogP contribution in [-0.4, -0.2) is 30.0 Å². The molecule has 0 saturated carbocycles. The third-order valence-electron chi connectivity index (χ3n) is 3.85. The second-order valence-electron chi connectivity index (χ2n) is 5.13. The Morgan fingerprint density at radius 2 is 2.18 bits per heavy atom. The molecule has 1 aromatic carbocycles. The van der Waals surface area contributed by atoms with Gasteiger partial charge in [-0.15, -0.1) is 0 Å². The Kier molecular flexibility index (Phi) is 2.44. The van der Waals surface area contributed by atoms with E-state index in [0.29, 0.717) is 6.04 Å². The maximum Gasteiger partial charge on any atom is 0.123 e. The minimum absolute atomic E-state index is 0.147. The fourth-order valence-electron chi connectivity index (χ4n) is 2.81. The average Bonchev–Trinajstić information content (AvgIpc) is 2.66. The van der Waals surface area contributed by atoms with Gasteiger partial charge in [-0.1, -0.05) is 0 Å². The van der Waals surface area contributed by atoms with Crippen molar-refractivity contribution in [3.8, 4) is 0 Å². The summed E-state index contributed by atoms with van der Waals surface area (Å²) in [6.07, 6.45) is 3.26. The molecule has 3 rings (SSSR count). The van der Waals surface area contributed by atoms with Gasteiger partial charge in [-0.05, 0) is 57.1 Å². The second kappa shape index (κ2) is 3.84. The molecule has 0 saturated heterocycles. The van der Waals surface area contributed by atoms with Crippen LogP contribution < -0.4 is 0 Å². The second-order valence-corrected chi connectivity index (χ2v) is 5.13. The molecule has 1 aliphatic carbocycles. The summed E-state index contributed by atoms with van der Waals surface area (Å²) in [6, 6.07) is 5.59. The van der Waals surface area contributed by atoms with Crippen molar-refractivity contribution in [3.05, 3.63) is 35.3 Å². The van der Waals surface area contributed by atoms with E-state index in [9.17, 15) is 4.39 Å². The van der Waals surface area contributed by atoms with E-state index < -0.39 is 0 Å². The first-order valence-electron chi connectivity index (χ1n) is 6.10. The molecule has 1 N–H and O–H groups in total. The standard InChI is InChI=1S/C14H17FN2/c1-17(2)10-4-6-14-12(8-10)11-7-9(15)3-5-13(11)16-14/h3,5,7,10,16H,4,6,8H2,1-2H3. The third-order valence-corrected chi connectivity index (χ3v) is 3.85. The number of nitrogens with zero attached hydrogens (tertiary/aromatic N) is 1. The first-order chi connectivity index (χ1) is 8.15. The van der Waals surface area contributed by atoms with Crippen molar-refractivity contribution in [2.75, 3.05) is 14.1 Å². The third kappa shape index (κ3) is 1.75. The summed E-state index contributed by atoms with van der Waals surface area (Å²) in [6.45, 7) is 0. The number of hydrogen-bond donors (Lipinski definition) is 1. The van der Waals surface area contributed by atoms with Gasteiger partial charge in [0.05, 0.1) is 0 Å². The topological polar surface area (TPSA) is 19.0 Å². The highest BCUT2D eigenvalue weighted by molar-refractivity contribution is 5.85. The van der Waals surface area contributed by atoms with E-state index in [4.69, 9.17) is 0 Å². The Morgan fingerprint density at radius 1 is 1.35 bits per heavy atom. The van der Waals surface area contributed by atoms with Crippen molar-refractivity contribution < 1.29 is 4.39 Å². The maximum absolute atomic E-state index is 13.3. The van der Waals surface area contributed by atoms with Gasteiger partial charge in [0.15, 0.2) is 0 Å². The highest BCUT2D eigenvalue weighted by Crippen LogP contribution is 2.30. The van der Waals surface area contributed by atoms with Gasteiger partial charge in [0.25, 0.3) is 0 Å². The molecule has 0 amide bonds. The van der Waals surface area contributed by atoms with Crippen molar-refractivity contribution in [1.29, 1.82) is 0 Å². The smallest absolute Gasteiger partial charge is 0.123 e. The first-order valence-corrected chi connectivity index (χ1v) is 6.10. The zero-order valence-electron chi connectivity index (χ0n) is 10.3. The summed E-state index contributed by atoms with van der Waals surface area (Å²) in [7, 11) is 4.23. The zero-order valence-corrected chi connectivity index (χ0v) is 10.3. The summed E-state index contributed by atoms with van der Waals surface area (Å²) < 4.78 is 13.3. The lowest BCUT2D eigenvalue weighted by Crippen LogP contribution is -2.33. The molecule has 90 valence electrons. The number of halogens is 1. The van der Waals surface area contributed by atoms with Crippen LogP contribution in [0.25, 0.3) is 10.9 Å². The Hall–Kier alpha value is -1.35. The van der Waals surface area contributed by atoms with Gasteiger partial charge >= 0.3 is 0 Å². The van der Waals surface area contributed by atoms with Crippen molar-refractivity contribution in [3.63, 3.8) is 0 Å². The molecule has 2 aromatic rings. The Bertz CT molecular complexity index is 557. The van der Waals surface area contributed by atoms with Crippen molar-refractivity contribution in [2.45, 2.75) is 25.3 Å². The highest BCUT2D eigenvalue weighted by atomic mass is 19.1. The fraction of sp³-hybridized carbons (Fsp3) is 0.429. The number of nitrogens with one attached hydrogen (secondary N) is 1. The molecule has 1 aromatic heterocycles. The maximum atomic E-state index is 13.3. The van der Waals surface area contributed by atoms with Crippen LogP contribution in [0.3, 0.4) is 0 Å². The van der Waals surface area contributed by atoms with Crippen LogP contribution in [-0.2, 0) is 12.8 Å². The van der Waals surface area contributed by atoms with E-state index in [2.05, 4.69) is 24.0 Å². The average molecular weight is 232 g/mol. The Balaban J connectivity index is 2.10. The van der Waals surface area contributed by atoms with E-state index in [-0.39, 0.29) is 5.82 Å². The summed E-state index contributed by atoms with van der Waals surface area (Å²) >= 11 is 0. The van der Waals surface area contributed by atoms with Crippen LogP contribution in [0.1, 0.15) is 17.7 Å². The molecule has 0 bridgehead atoms. The predicted octanol–water partition coefficient (Wildman–Crippen LogP) is 2.73. The van der Waals surface area contributed by atoms with E-state index in [1.165, 1.54) is 23.7 Å². The van der Waals surface area contributed by atoms with Gasteiger partial charge in [-0.2, -0.15) is 0 Å². The number of benzene rings is 1. The predicted molar refractivity (Wildman–Crippen MR) is 67.8 cm³/mol. The number of fused-ring (bicyclic) bond motifs is 3. The number of aryl methyl sites for hydroxylation is 1. The number of rotatable bonds is 1. The lowest BCUT2D eigenvalue weighted by molar-refractivity contribution is 0.268. The Morgan fingerprint density at radius 3 is 2.94 bits per heavy atom. The van der Waals surface area contributed by atoms with Gasteiger partial charge in [-0.3, -0.25) is 0 Å². The lowest BCUT2D eigenvalue weighted by atomic mass is 9.91. The van der Waals surface area contributed by atoms with Crippen LogP contribution in [0, 0.1) is 5.82 Å². The summed E-state index contributed by atoms with van der Waals surface area (Å²) in [5.74, 6) is -0.147. The van der Waals surface area contributed by atoms with E-state index in [0.717, 1.165) is 23.7 Å². The van der Waals surface area contributed by atoms with E-state index >= 15 is 0 Å². The molecular weight excluding hydrogens is 215 g/mol. The molecule has 17 heavy (non-hydrogen) atoms. The van der Waals surface area contributed by atoms with Gasteiger partial charge in [0.1, 0.15) is 5.82 Å². The minimum Gasteiger partial charge on any atom is -0.358 e. The molecular formula is C14H17FN2. The molecule has 0 aliphatic heterocycles. The lowest BCUT2D eigenvalue weighted by Gasteiger charge is -2.28. The number of H-pyrrole nitrogens is 1. The van der Waals surface area contributed by atoms with Crippen molar-refractivity contribution in [1.82, 2.24) is 9.88 Å². The van der Waals surface area contributed by atoms with E-state index in [1.807, 2.05) is 6.07 Å². The monoisotopic (exact) mass is 232 g/mol. The molecule has 0 spiro atoms. The number of aromatic nitrogens is 1. The number of aromatic amines is 1. The largest absolute Gasteiger partial charge is 0.358 e. The van der Waals surface area contributed by atoms with E-state index in [1.54, 1.807) is 6.07 Å². The SMILES string of the molecule is CN(C)C1CCc2[nH]c3ccc(F)cc3c2C1. The minimum atomic E-state index is -0.147.